The molecule has 1 aliphatic heterocycles. The van der Waals surface area contributed by atoms with Gasteiger partial charge in [0, 0.05) is 19.6 Å². The fourth-order valence-electron chi connectivity index (χ4n) is 5.33. The second kappa shape index (κ2) is 16.6. The average Bonchev–Trinajstić information content (AvgIpc) is 3.89. The van der Waals surface area contributed by atoms with E-state index in [1.54, 1.807) is 23.5 Å². The Kier molecular flexibility index (Phi) is 12.5. The van der Waals surface area contributed by atoms with E-state index < -0.39 is 6.10 Å². The highest BCUT2D eigenvalue weighted by Gasteiger charge is 2.23. The summed E-state index contributed by atoms with van der Waals surface area (Å²) in [6.45, 7) is 21.2. The van der Waals surface area contributed by atoms with E-state index in [1.807, 2.05) is 13.8 Å². The topological polar surface area (TPSA) is 69.7 Å². The number of aliphatic hydroxyl groups is 1. The maximum atomic E-state index is 10.8. The van der Waals surface area contributed by atoms with Gasteiger partial charge in [0.25, 0.3) is 0 Å². The molecule has 2 atom stereocenters. The third kappa shape index (κ3) is 9.91. The van der Waals surface area contributed by atoms with E-state index in [9.17, 15) is 5.11 Å². The van der Waals surface area contributed by atoms with Gasteiger partial charge in [-0.1, -0.05) is 30.4 Å². The summed E-state index contributed by atoms with van der Waals surface area (Å²) in [5, 5.41) is 10.8. The molecule has 4 aromatic carbocycles. The summed E-state index contributed by atoms with van der Waals surface area (Å²) in [5.41, 5.74) is 8.93. The Morgan fingerprint density at radius 3 is 1.27 bits per heavy atom. The highest BCUT2D eigenvalue weighted by atomic mass is 32.2. The first kappa shape index (κ1) is 37.0. The smallest absolute Gasteiger partial charge is 0.122 e. The number of hydrogen-bond acceptors (Lipinski definition) is 8. The maximum absolute atomic E-state index is 10.8. The van der Waals surface area contributed by atoms with Gasteiger partial charge in [-0.3, -0.25) is 0 Å². The van der Waals surface area contributed by atoms with E-state index in [2.05, 4.69) is 97.0 Å². The molecule has 0 spiro atoms. The van der Waals surface area contributed by atoms with Crippen LogP contribution in [0.15, 0.2) is 68.1 Å². The van der Waals surface area contributed by atoms with Gasteiger partial charge in [-0.25, -0.2) is 0 Å². The zero-order valence-corrected chi connectivity index (χ0v) is 32.0. The molecular weight excluding hydrogens is 653 g/mol. The fourth-order valence-corrected chi connectivity index (χ4v) is 7.63. The van der Waals surface area contributed by atoms with Crippen LogP contribution >= 0.6 is 23.5 Å². The minimum atomic E-state index is -0.778. The van der Waals surface area contributed by atoms with Crippen molar-refractivity contribution in [3.8, 4) is 23.0 Å². The van der Waals surface area contributed by atoms with Gasteiger partial charge in [0.15, 0.2) is 0 Å². The minimum Gasteiger partial charge on any atom is -0.493 e. The lowest BCUT2D eigenvalue weighted by Gasteiger charge is -2.19. The quantitative estimate of drug-likeness (QED) is 0.116. The number of epoxide rings is 1. The molecule has 1 aliphatic rings. The summed E-state index contributed by atoms with van der Waals surface area (Å²) in [7, 11) is 0. The average molecular weight is 703 g/mol. The van der Waals surface area contributed by atoms with Crippen LogP contribution in [0.4, 0.5) is 0 Å². The maximum Gasteiger partial charge on any atom is 0.122 e. The van der Waals surface area contributed by atoms with Crippen LogP contribution in [0.3, 0.4) is 0 Å². The highest BCUT2D eigenvalue weighted by molar-refractivity contribution is 7.99. The summed E-state index contributed by atoms with van der Waals surface area (Å²) < 4.78 is 29.3. The summed E-state index contributed by atoms with van der Waals surface area (Å²) >= 11 is 3.51. The third-order valence-corrected chi connectivity index (χ3v) is 11.1. The molecule has 8 heteroatoms. The lowest BCUT2D eigenvalue weighted by molar-refractivity contribution is 0.0621. The van der Waals surface area contributed by atoms with Crippen molar-refractivity contribution in [1.82, 2.24) is 0 Å². The van der Waals surface area contributed by atoms with Crippen molar-refractivity contribution in [2.75, 3.05) is 33.0 Å². The van der Waals surface area contributed by atoms with E-state index in [0.717, 1.165) is 76.0 Å². The Bertz CT molecular complexity index is 1780. The molecule has 0 bridgehead atoms. The van der Waals surface area contributed by atoms with Gasteiger partial charge >= 0.3 is 0 Å². The van der Waals surface area contributed by atoms with Crippen LogP contribution in [-0.4, -0.2) is 50.3 Å². The van der Waals surface area contributed by atoms with Crippen molar-refractivity contribution in [3.05, 3.63) is 93.0 Å². The van der Waals surface area contributed by atoms with Gasteiger partial charge in [0.2, 0.25) is 0 Å². The molecule has 1 N–H and O–H groups in total. The summed E-state index contributed by atoms with van der Waals surface area (Å²) in [5.74, 6) is 3.41. The van der Waals surface area contributed by atoms with Crippen LogP contribution in [-0.2, 0) is 4.74 Å². The van der Waals surface area contributed by atoms with Gasteiger partial charge in [-0.05, 0) is 155 Å². The minimum absolute atomic E-state index is 0.140. The van der Waals surface area contributed by atoms with Crippen LogP contribution < -0.4 is 18.9 Å². The SMILES string of the molecule is CCCOc1cc(C)c(Sc2cc(C)c(OCC(O)COc3cc(C)c(Sc4cc(C)c(OCC5CO5)cc4C)cc3C)cc2C)cc1C. The molecule has 1 fully saturated rings. The van der Waals surface area contributed by atoms with Crippen molar-refractivity contribution >= 4 is 23.5 Å². The summed E-state index contributed by atoms with van der Waals surface area (Å²) in [6, 6.07) is 17.1. The predicted octanol–water partition coefficient (Wildman–Crippen LogP) is 9.84. The van der Waals surface area contributed by atoms with Crippen molar-refractivity contribution in [1.29, 1.82) is 0 Å². The molecule has 5 rings (SSSR count). The molecule has 262 valence electrons. The van der Waals surface area contributed by atoms with Crippen LogP contribution in [0.5, 0.6) is 23.0 Å². The van der Waals surface area contributed by atoms with Crippen molar-refractivity contribution in [3.63, 3.8) is 0 Å². The van der Waals surface area contributed by atoms with E-state index >= 15 is 0 Å². The summed E-state index contributed by atoms with van der Waals surface area (Å²) in [6.07, 6.45) is 0.446. The van der Waals surface area contributed by atoms with Gasteiger partial charge in [0.05, 0.1) is 13.2 Å². The highest BCUT2D eigenvalue weighted by Crippen LogP contribution is 2.40. The second-order valence-electron chi connectivity index (χ2n) is 13.1. The number of benzene rings is 4. The first-order valence-electron chi connectivity index (χ1n) is 17.0. The Morgan fingerprint density at radius 2 is 0.918 bits per heavy atom. The number of hydrogen-bond donors (Lipinski definition) is 1. The molecule has 0 aliphatic carbocycles. The van der Waals surface area contributed by atoms with Crippen LogP contribution in [0.2, 0.25) is 0 Å². The molecule has 1 saturated heterocycles. The van der Waals surface area contributed by atoms with Crippen LogP contribution in [0.25, 0.3) is 0 Å². The standard InChI is InChI=1S/C41H50O6S2/c1-10-11-43-34-12-28(6)38(16-24(34)2)48-39-17-25(3)35(13-29(39)7)45-20-32(42)21-46-36-14-30(8)40(18-26(36)4)49-41-19-27(5)37(15-31(41)9)47-23-33-22-44-33/h12-19,32-33,42H,10-11,20-23H2,1-9H3. The molecule has 2 unspecified atom stereocenters. The number of aryl methyl sites for hydroxylation is 8. The lowest BCUT2D eigenvalue weighted by Crippen LogP contribution is -2.25. The van der Waals surface area contributed by atoms with Gasteiger partial charge in [-0.15, -0.1) is 0 Å². The van der Waals surface area contributed by atoms with Crippen LogP contribution in [0.1, 0.15) is 57.9 Å². The fraction of sp³-hybridized carbons (Fsp3) is 0.415. The normalized spacial score (nSPS) is 14.4. The van der Waals surface area contributed by atoms with E-state index in [-0.39, 0.29) is 19.3 Å². The van der Waals surface area contributed by atoms with Gasteiger partial charge in [-0.2, -0.15) is 0 Å². The molecule has 0 radical (unpaired) electrons. The van der Waals surface area contributed by atoms with E-state index in [1.165, 1.54) is 30.7 Å². The monoisotopic (exact) mass is 702 g/mol. The van der Waals surface area contributed by atoms with Crippen molar-refractivity contribution < 1.29 is 28.8 Å². The van der Waals surface area contributed by atoms with Crippen LogP contribution in [0, 0.1) is 55.4 Å². The molecular formula is C41H50O6S2. The number of rotatable bonds is 16. The van der Waals surface area contributed by atoms with E-state index in [0.29, 0.717) is 6.61 Å². The van der Waals surface area contributed by atoms with Crippen molar-refractivity contribution in [2.45, 2.75) is 101 Å². The molecule has 1 heterocycles. The molecule has 0 aromatic heterocycles. The molecule has 6 nitrogen and oxygen atoms in total. The predicted molar refractivity (Wildman–Crippen MR) is 200 cm³/mol. The lowest BCUT2D eigenvalue weighted by atomic mass is 10.1. The largest absolute Gasteiger partial charge is 0.493 e. The first-order chi connectivity index (χ1) is 23.4. The Balaban J connectivity index is 1.15. The van der Waals surface area contributed by atoms with E-state index in [4.69, 9.17) is 23.7 Å². The number of ether oxygens (including phenoxy) is 5. The van der Waals surface area contributed by atoms with Gasteiger partial charge in [0.1, 0.15) is 55.0 Å². The zero-order valence-electron chi connectivity index (χ0n) is 30.3. The Labute approximate surface area is 300 Å². The third-order valence-electron chi connectivity index (χ3n) is 8.48. The zero-order chi connectivity index (χ0) is 35.2. The van der Waals surface area contributed by atoms with Gasteiger partial charge < -0.3 is 28.8 Å². The van der Waals surface area contributed by atoms with Crippen molar-refractivity contribution in [2.24, 2.45) is 0 Å². The number of aliphatic hydroxyl groups excluding tert-OH is 1. The molecule has 0 saturated carbocycles. The molecule has 4 aromatic rings. The molecule has 0 amide bonds. The first-order valence-corrected chi connectivity index (χ1v) is 18.7. The Morgan fingerprint density at radius 1 is 0.571 bits per heavy atom. The summed E-state index contributed by atoms with van der Waals surface area (Å²) in [4.78, 5) is 4.77. The second-order valence-corrected chi connectivity index (χ2v) is 15.3. The molecule has 49 heavy (non-hydrogen) atoms. The Hall–Kier alpha value is -3.30.